The fraction of sp³-hybridized carbons (Fsp3) is 0.0769. The van der Waals surface area contributed by atoms with Crippen LogP contribution in [0, 0.1) is 12.7 Å². The minimum Gasteiger partial charge on any atom is -0.207 e. The number of rotatable bonds is 1. The summed E-state index contributed by atoms with van der Waals surface area (Å²) < 4.78 is 13.9. The molecule has 0 N–H and O–H groups in total. The average Bonchev–Trinajstić information content (AvgIpc) is 2.17. The molecular weight excluding hydrogens is 255 g/mol. The van der Waals surface area contributed by atoms with Crippen LogP contribution in [0.15, 0.2) is 46.9 Å². The van der Waals surface area contributed by atoms with Crippen LogP contribution >= 0.6 is 15.9 Å². The van der Waals surface area contributed by atoms with E-state index in [0.717, 1.165) is 15.6 Å². The summed E-state index contributed by atoms with van der Waals surface area (Å²) in [5, 5.41) is 0. The monoisotopic (exact) mass is 264 g/mol. The van der Waals surface area contributed by atoms with Gasteiger partial charge in [-0.1, -0.05) is 45.8 Å². The Hall–Kier alpha value is -1.15. The van der Waals surface area contributed by atoms with E-state index in [4.69, 9.17) is 0 Å². The number of aryl methyl sites for hydroxylation is 1. The molecule has 2 aromatic rings. The minimum absolute atomic E-state index is 0.222. The van der Waals surface area contributed by atoms with Crippen molar-refractivity contribution in [2.75, 3.05) is 0 Å². The molecule has 15 heavy (non-hydrogen) atoms. The maximum Gasteiger partial charge on any atom is 0.124 e. The van der Waals surface area contributed by atoms with Gasteiger partial charge in [0.2, 0.25) is 0 Å². The van der Waals surface area contributed by atoms with Gasteiger partial charge in [0, 0.05) is 4.47 Å². The van der Waals surface area contributed by atoms with Crippen LogP contribution in [-0.2, 0) is 0 Å². The van der Waals surface area contributed by atoms with Gasteiger partial charge in [-0.25, -0.2) is 4.39 Å². The highest BCUT2D eigenvalue weighted by Crippen LogP contribution is 2.24. The van der Waals surface area contributed by atoms with Crippen molar-refractivity contribution >= 4 is 15.9 Å². The van der Waals surface area contributed by atoms with Crippen molar-refractivity contribution in [3.63, 3.8) is 0 Å². The zero-order valence-electron chi connectivity index (χ0n) is 8.30. The topological polar surface area (TPSA) is 0 Å². The quantitative estimate of drug-likeness (QED) is 0.708. The molecule has 2 heteroatoms. The fourth-order valence-corrected chi connectivity index (χ4v) is 1.93. The van der Waals surface area contributed by atoms with Crippen LogP contribution in [0.4, 0.5) is 4.39 Å². The van der Waals surface area contributed by atoms with Gasteiger partial charge in [-0.3, -0.25) is 0 Å². The first-order chi connectivity index (χ1) is 7.15. The molecule has 0 amide bonds. The Labute approximate surface area is 96.9 Å². The van der Waals surface area contributed by atoms with Gasteiger partial charge in [0.05, 0.1) is 0 Å². The first-order valence-corrected chi connectivity index (χ1v) is 5.47. The summed E-state index contributed by atoms with van der Waals surface area (Å²) in [6.45, 7) is 2.03. The third-order valence-corrected chi connectivity index (χ3v) is 2.71. The van der Waals surface area contributed by atoms with Gasteiger partial charge < -0.3 is 0 Å². The zero-order valence-corrected chi connectivity index (χ0v) is 9.88. The molecule has 0 saturated carbocycles. The van der Waals surface area contributed by atoms with Crippen LogP contribution in [0.5, 0.6) is 0 Å². The summed E-state index contributed by atoms with van der Waals surface area (Å²) in [5.41, 5.74) is 3.12. The predicted molar refractivity (Wildman–Crippen MR) is 64.3 cm³/mol. The van der Waals surface area contributed by atoms with Crippen LogP contribution in [-0.4, -0.2) is 0 Å². The first kappa shape index (κ1) is 10.4. The van der Waals surface area contributed by atoms with Crippen molar-refractivity contribution in [2.45, 2.75) is 6.92 Å². The average molecular weight is 265 g/mol. The van der Waals surface area contributed by atoms with Crippen LogP contribution in [0.2, 0.25) is 0 Å². The second-order valence-corrected chi connectivity index (χ2v) is 4.44. The van der Waals surface area contributed by atoms with Gasteiger partial charge in [0.1, 0.15) is 5.82 Å². The number of benzene rings is 2. The van der Waals surface area contributed by atoms with Crippen molar-refractivity contribution in [3.8, 4) is 11.1 Å². The largest absolute Gasteiger partial charge is 0.207 e. The molecule has 0 nitrogen and oxygen atoms in total. The number of hydrogen-bond acceptors (Lipinski definition) is 0. The summed E-state index contributed by atoms with van der Waals surface area (Å²) in [6.07, 6.45) is 0. The Morgan fingerprint density at radius 2 is 1.60 bits per heavy atom. The molecule has 0 atom stereocenters. The summed E-state index contributed by atoms with van der Waals surface area (Å²) in [7, 11) is 0. The van der Waals surface area contributed by atoms with Crippen molar-refractivity contribution in [3.05, 3.63) is 58.3 Å². The molecule has 0 spiro atoms. The lowest BCUT2D eigenvalue weighted by Crippen LogP contribution is -1.81. The lowest BCUT2D eigenvalue weighted by atomic mass is 10.0. The summed E-state index contributed by atoms with van der Waals surface area (Å²) in [6, 6.07) is 12.9. The van der Waals surface area contributed by atoms with Gasteiger partial charge in [-0.05, 0) is 36.2 Å². The van der Waals surface area contributed by atoms with E-state index in [1.54, 1.807) is 0 Å². The highest BCUT2D eigenvalue weighted by atomic mass is 79.9. The normalized spacial score (nSPS) is 10.3. The van der Waals surface area contributed by atoms with E-state index in [2.05, 4.69) is 15.9 Å². The first-order valence-electron chi connectivity index (χ1n) is 4.68. The second kappa shape index (κ2) is 4.15. The molecule has 0 aliphatic carbocycles. The molecule has 0 saturated heterocycles. The smallest absolute Gasteiger partial charge is 0.124 e. The van der Waals surface area contributed by atoms with Gasteiger partial charge >= 0.3 is 0 Å². The molecule has 0 bridgehead atoms. The van der Waals surface area contributed by atoms with Crippen molar-refractivity contribution in [2.24, 2.45) is 0 Å². The maximum atomic E-state index is 13.2. The van der Waals surface area contributed by atoms with E-state index < -0.39 is 0 Å². The lowest BCUT2D eigenvalue weighted by molar-refractivity contribution is 0.627. The van der Waals surface area contributed by atoms with Crippen molar-refractivity contribution < 1.29 is 4.39 Å². The highest BCUT2D eigenvalue weighted by Gasteiger charge is 2.01. The Bertz CT molecular complexity index is 454. The van der Waals surface area contributed by atoms with Crippen LogP contribution in [0.1, 0.15) is 5.56 Å². The zero-order chi connectivity index (χ0) is 10.8. The Balaban J connectivity index is 2.49. The summed E-state index contributed by atoms with van der Waals surface area (Å²) >= 11 is 3.28. The summed E-state index contributed by atoms with van der Waals surface area (Å²) in [5.74, 6) is -0.222. The van der Waals surface area contributed by atoms with Crippen molar-refractivity contribution in [1.29, 1.82) is 0 Å². The van der Waals surface area contributed by atoms with Crippen LogP contribution in [0.3, 0.4) is 0 Å². The predicted octanol–water partition coefficient (Wildman–Crippen LogP) is 4.56. The van der Waals surface area contributed by atoms with Gasteiger partial charge in [-0.2, -0.15) is 0 Å². The molecule has 0 heterocycles. The molecule has 0 aliphatic heterocycles. The van der Waals surface area contributed by atoms with Gasteiger partial charge in [0.25, 0.3) is 0 Å². The van der Waals surface area contributed by atoms with Gasteiger partial charge in [0.15, 0.2) is 0 Å². The van der Waals surface area contributed by atoms with Crippen molar-refractivity contribution in [1.82, 2.24) is 0 Å². The molecule has 2 aromatic carbocycles. The lowest BCUT2D eigenvalue weighted by Gasteiger charge is -2.03. The molecular formula is C13H10BrF. The molecule has 76 valence electrons. The Kier molecular flexibility index (Phi) is 2.87. The van der Waals surface area contributed by atoms with Crippen LogP contribution < -0.4 is 0 Å². The van der Waals surface area contributed by atoms with E-state index in [1.165, 1.54) is 17.7 Å². The Morgan fingerprint density at radius 3 is 2.20 bits per heavy atom. The van der Waals surface area contributed by atoms with E-state index in [9.17, 15) is 4.39 Å². The third kappa shape index (κ3) is 2.45. The molecule has 0 fully saturated rings. The maximum absolute atomic E-state index is 13.2. The highest BCUT2D eigenvalue weighted by molar-refractivity contribution is 9.10. The van der Waals surface area contributed by atoms with Crippen LogP contribution in [0.25, 0.3) is 11.1 Å². The minimum atomic E-state index is -0.222. The second-order valence-electron chi connectivity index (χ2n) is 3.52. The SMILES string of the molecule is Cc1ccc(-c2cc(F)cc(Br)c2)cc1. The molecule has 0 unspecified atom stereocenters. The van der Waals surface area contributed by atoms with Gasteiger partial charge in [-0.15, -0.1) is 0 Å². The standard InChI is InChI=1S/C13H10BrF/c1-9-2-4-10(5-3-9)11-6-12(14)8-13(15)7-11/h2-8H,1H3. The van der Waals surface area contributed by atoms with E-state index in [0.29, 0.717) is 0 Å². The number of hydrogen-bond donors (Lipinski definition) is 0. The molecule has 0 aliphatic rings. The summed E-state index contributed by atoms with van der Waals surface area (Å²) in [4.78, 5) is 0. The van der Waals surface area contributed by atoms with E-state index >= 15 is 0 Å². The molecule has 0 radical (unpaired) electrons. The van der Waals surface area contributed by atoms with E-state index in [-0.39, 0.29) is 5.82 Å². The molecule has 2 rings (SSSR count). The van der Waals surface area contributed by atoms with E-state index in [1.807, 2.05) is 37.3 Å². The molecule has 0 aromatic heterocycles. The number of halogens is 2. The third-order valence-electron chi connectivity index (χ3n) is 2.25. The Morgan fingerprint density at radius 1 is 0.933 bits per heavy atom. The fourth-order valence-electron chi connectivity index (χ4n) is 1.47.